The predicted octanol–water partition coefficient (Wildman–Crippen LogP) is 2.89. The number of benzene rings is 1. The molecule has 1 rings (SSSR count). The van der Waals surface area contributed by atoms with Crippen molar-refractivity contribution in [1.29, 1.82) is 5.26 Å². The molecular formula is C18H24N2O3. The molecule has 1 aromatic rings. The number of aliphatic carboxylic acids is 1. The molecule has 0 spiro atoms. The third-order valence-corrected chi connectivity index (χ3v) is 3.76. The molecule has 5 heteroatoms. The number of carboxylic acid groups (broad SMARTS) is 1. The van der Waals surface area contributed by atoms with Crippen LogP contribution in [-0.4, -0.2) is 23.5 Å². The predicted molar refractivity (Wildman–Crippen MR) is 87.8 cm³/mol. The molecular weight excluding hydrogens is 292 g/mol. The van der Waals surface area contributed by atoms with E-state index in [1.54, 1.807) is 19.1 Å². The summed E-state index contributed by atoms with van der Waals surface area (Å²) >= 11 is 0. The number of nitrogens with one attached hydrogen (secondary N) is 1. The van der Waals surface area contributed by atoms with Crippen molar-refractivity contribution in [3.05, 3.63) is 35.4 Å². The second kappa shape index (κ2) is 10.4. The number of rotatable bonds is 10. The van der Waals surface area contributed by atoms with E-state index in [1.807, 2.05) is 12.1 Å². The Morgan fingerprint density at radius 2 is 1.91 bits per heavy atom. The maximum absolute atomic E-state index is 11.7. The molecule has 0 aliphatic carbocycles. The Labute approximate surface area is 137 Å². The Bertz CT molecular complexity index is 546. The van der Waals surface area contributed by atoms with E-state index in [1.165, 1.54) is 0 Å². The number of aryl methyl sites for hydroxylation is 1. The van der Waals surface area contributed by atoms with Gasteiger partial charge in [-0.2, -0.15) is 5.26 Å². The van der Waals surface area contributed by atoms with Crippen LogP contribution in [0.5, 0.6) is 0 Å². The van der Waals surface area contributed by atoms with Gasteiger partial charge in [-0.05, 0) is 43.4 Å². The minimum Gasteiger partial charge on any atom is -0.481 e. The zero-order valence-electron chi connectivity index (χ0n) is 13.5. The Balaban J connectivity index is 2.08. The molecule has 23 heavy (non-hydrogen) atoms. The van der Waals surface area contributed by atoms with Gasteiger partial charge in [-0.25, -0.2) is 0 Å². The fourth-order valence-corrected chi connectivity index (χ4v) is 2.21. The standard InChI is InChI=1S/C18H24N2O3/c1-14(18(22)23)5-2-3-12-20-17(21)7-4-6-15-8-10-16(13-19)11-9-15/h8-11,14H,2-7,12H2,1H3,(H,20,21)(H,22,23). The Morgan fingerprint density at radius 3 is 2.52 bits per heavy atom. The average molecular weight is 316 g/mol. The Hall–Kier alpha value is -2.35. The highest BCUT2D eigenvalue weighted by Crippen LogP contribution is 2.08. The summed E-state index contributed by atoms with van der Waals surface area (Å²) in [5.74, 6) is -1.06. The van der Waals surface area contributed by atoms with Crippen molar-refractivity contribution in [2.75, 3.05) is 6.54 Å². The van der Waals surface area contributed by atoms with Crippen LogP contribution in [0.2, 0.25) is 0 Å². The number of nitriles is 1. The molecule has 1 atom stereocenters. The highest BCUT2D eigenvalue weighted by atomic mass is 16.4. The van der Waals surface area contributed by atoms with Crippen LogP contribution in [0.15, 0.2) is 24.3 Å². The highest BCUT2D eigenvalue weighted by molar-refractivity contribution is 5.75. The maximum Gasteiger partial charge on any atom is 0.306 e. The van der Waals surface area contributed by atoms with Gasteiger partial charge in [0.2, 0.25) is 5.91 Å². The Morgan fingerprint density at radius 1 is 1.22 bits per heavy atom. The van der Waals surface area contributed by atoms with Crippen LogP contribution in [0.4, 0.5) is 0 Å². The lowest BCUT2D eigenvalue weighted by Crippen LogP contribution is -2.24. The number of amides is 1. The van der Waals surface area contributed by atoms with Crippen molar-refractivity contribution in [3.63, 3.8) is 0 Å². The first-order chi connectivity index (χ1) is 11.0. The molecule has 0 radical (unpaired) electrons. The molecule has 1 amide bonds. The number of nitrogens with zero attached hydrogens (tertiary/aromatic N) is 1. The lowest BCUT2D eigenvalue weighted by Gasteiger charge is -2.07. The van der Waals surface area contributed by atoms with E-state index in [0.29, 0.717) is 24.9 Å². The second-order valence-electron chi connectivity index (χ2n) is 5.75. The molecule has 0 aliphatic heterocycles. The minimum atomic E-state index is -0.767. The van der Waals surface area contributed by atoms with E-state index >= 15 is 0 Å². The van der Waals surface area contributed by atoms with Crippen LogP contribution in [0.1, 0.15) is 50.2 Å². The minimum absolute atomic E-state index is 0.0323. The number of unbranched alkanes of at least 4 members (excludes halogenated alkanes) is 1. The molecule has 2 N–H and O–H groups in total. The average Bonchev–Trinajstić information content (AvgIpc) is 2.54. The topological polar surface area (TPSA) is 90.2 Å². The summed E-state index contributed by atoms with van der Waals surface area (Å²) in [5.41, 5.74) is 1.77. The van der Waals surface area contributed by atoms with Crippen molar-refractivity contribution in [1.82, 2.24) is 5.32 Å². The molecule has 0 heterocycles. The van der Waals surface area contributed by atoms with Gasteiger partial charge in [0.1, 0.15) is 0 Å². The molecule has 124 valence electrons. The molecule has 1 aromatic carbocycles. The van der Waals surface area contributed by atoms with Gasteiger partial charge in [-0.1, -0.05) is 25.5 Å². The van der Waals surface area contributed by atoms with Gasteiger partial charge in [0.25, 0.3) is 0 Å². The summed E-state index contributed by atoms with van der Waals surface area (Å²) in [7, 11) is 0. The lowest BCUT2D eigenvalue weighted by atomic mass is 10.0. The fraction of sp³-hybridized carbons (Fsp3) is 0.500. The van der Waals surface area contributed by atoms with E-state index in [2.05, 4.69) is 11.4 Å². The van der Waals surface area contributed by atoms with Crippen molar-refractivity contribution < 1.29 is 14.7 Å². The van der Waals surface area contributed by atoms with Gasteiger partial charge in [-0.15, -0.1) is 0 Å². The summed E-state index contributed by atoms with van der Waals surface area (Å²) in [6.45, 7) is 2.30. The summed E-state index contributed by atoms with van der Waals surface area (Å²) < 4.78 is 0. The van der Waals surface area contributed by atoms with Crippen LogP contribution in [0.3, 0.4) is 0 Å². The summed E-state index contributed by atoms with van der Waals surface area (Å²) in [4.78, 5) is 22.3. The van der Waals surface area contributed by atoms with Gasteiger partial charge in [0, 0.05) is 13.0 Å². The van der Waals surface area contributed by atoms with E-state index in [9.17, 15) is 9.59 Å². The van der Waals surface area contributed by atoms with E-state index < -0.39 is 5.97 Å². The number of hydrogen-bond acceptors (Lipinski definition) is 3. The smallest absolute Gasteiger partial charge is 0.306 e. The Kier molecular flexibility index (Phi) is 8.45. The first-order valence-corrected chi connectivity index (χ1v) is 8.01. The molecule has 0 fully saturated rings. The number of carbonyl (C=O) groups is 2. The molecule has 0 saturated heterocycles. The van der Waals surface area contributed by atoms with E-state index in [0.717, 1.165) is 31.2 Å². The SMILES string of the molecule is CC(CCCCNC(=O)CCCc1ccc(C#N)cc1)C(=O)O. The van der Waals surface area contributed by atoms with Gasteiger partial charge in [-0.3, -0.25) is 9.59 Å². The van der Waals surface area contributed by atoms with Crippen molar-refractivity contribution in [3.8, 4) is 6.07 Å². The van der Waals surface area contributed by atoms with Gasteiger partial charge in [0.15, 0.2) is 0 Å². The first kappa shape index (κ1) is 18.7. The van der Waals surface area contributed by atoms with E-state index in [-0.39, 0.29) is 11.8 Å². The molecule has 0 saturated carbocycles. The van der Waals surface area contributed by atoms with Crippen LogP contribution in [-0.2, 0) is 16.0 Å². The third kappa shape index (κ3) is 8.01. The van der Waals surface area contributed by atoms with Gasteiger partial charge < -0.3 is 10.4 Å². The summed E-state index contributed by atoms with van der Waals surface area (Å²) in [6.07, 6.45) is 4.32. The number of carboxylic acids is 1. The highest BCUT2D eigenvalue weighted by Gasteiger charge is 2.09. The molecule has 0 bridgehead atoms. The fourth-order valence-electron chi connectivity index (χ4n) is 2.21. The third-order valence-electron chi connectivity index (χ3n) is 3.76. The maximum atomic E-state index is 11.7. The summed E-state index contributed by atoms with van der Waals surface area (Å²) in [6, 6.07) is 9.48. The number of hydrogen-bond donors (Lipinski definition) is 2. The largest absolute Gasteiger partial charge is 0.481 e. The number of carbonyl (C=O) groups excluding carboxylic acids is 1. The molecule has 5 nitrogen and oxygen atoms in total. The molecule has 0 aliphatic rings. The first-order valence-electron chi connectivity index (χ1n) is 8.01. The molecule has 1 unspecified atom stereocenters. The summed E-state index contributed by atoms with van der Waals surface area (Å²) in [5, 5.41) is 20.3. The quantitative estimate of drug-likeness (QED) is 0.649. The second-order valence-corrected chi connectivity index (χ2v) is 5.75. The van der Waals surface area contributed by atoms with Crippen molar-refractivity contribution >= 4 is 11.9 Å². The van der Waals surface area contributed by atoms with Crippen LogP contribution in [0.25, 0.3) is 0 Å². The molecule has 0 aromatic heterocycles. The van der Waals surface area contributed by atoms with Crippen LogP contribution in [0, 0.1) is 17.2 Å². The van der Waals surface area contributed by atoms with Crippen molar-refractivity contribution in [2.24, 2.45) is 5.92 Å². The van der Waals surface area contributed by atoms with Crippen molar-refractivity contribution in [2.45, 2.75) is 45.4 Å². The zero-order valence-corrected chi connectivity index (χ0v) is 13.5. The zero-order chi connectivity index (χ0) is 17.1. The van der Waals surface area contributed by atoms with Crippen LogP contribution >= 0.6 is 0 Å². The normalized spacial score (nSPS) is 11.5. The monoisotopic (exact) mass is 316 g/mol. The van der Waals surface area contributed by atoms with Gasteiger partial charge in [0.05, 0.1) is 17.6 Å². The lowest BCUT2D eigenvalue weighted by molar-refractivity contribution is -0.141. The van der Waals surface area contributed by atoms with Gasteiger partial charge >= 0.3 is 5.97 Å². The van der Waals surface area contributed by atoms with E-state index in [4.69, 9.17) is 10.4 Å². The van der Waals surface area contributed by atoms with Crippen LogP contribution < -0.4 is 5.32 Å².